The normalized spacial score (nSPS) is 10.8. The smallest absolute Gasteiger partial charge is 0.119 e. The minimum Gasteiger partial charge on any atom is -0.508 e. The van der Waals surface area contributed by atoms with E-state index in [0.717, 1.165) is 16.3 Å². The molecule has 78 valence electrons. The zero-order valence-electron chi connectivity index (χ0n) is 8.07. The molecule has 0 saturated heterocycles. The van der Waals surface area contributed by atoms with Crippen LogP contribution in [0.15, 0.2) is 30.3 Å². The molecule has 2 aromatic rings. The summed E-state index contributed by atoms with van der Waals surface area (Å²) in [7, 11) is 0. The maximum Gasteiger partial charge on any atom is 0.119 e. The molecule has 0 atom stereocenters. The summed E-state index contributed by atoms with van der Waals surface area (Å²) >= 11 is 5.88. The van der Waals surface area contributed by atoms with Gasteiger partial charge < -0.3 is 10.2 Å². The van der Waals surface area contributed by atoms with E-state index in [1.165, 1.54) is 0 Å². The molecule has 0 heterocycles. The van der Waals surface area contributed by atoms with E-state index in [1.54, 1.807) is 12.1 Å². The second-order valence-corrected chi connectivity index (χ2v) is 3.84. The highest BCUT2D eigenvalue weighted by Gasteiger charge is 2.06. The third kappa shape index (κ3) is 1.91. The summed E-state index contributed by atoms with van der Waals surface area (Å²) in [6.45, 7) is 0.0231. The van der Waals surface area contributed by atoms with Crippen molar-refractivity contribution in [1.82, 2.24) is 0 Å². The molecule has 0 unspecified atom stereocenters. The van der Waals surface area contributed by atoms with Gasteiger partial charge in [-0.2, -0.15) is 0 Å². The van der Waals surface area contributed by atoms with Crippen LogP contribution in [0, 0.1) is 0 Å². The van der Waals surface area contributed by atoms with Gasteiger partial charge in [-0.25, -0.2) is 0 Å². The first-order valence-corrected chi connectivity index (χ1v) is 5.11. The Labute approximate surface area is 92.7 Å². The number of rotatable bonds is 2. The molecule has 15 heavy (non-hydrogen) atoms. The van der Waals surface area contributed by atoms with E-state index in [-0.39, 0.29) is 12.4 Å². The van der Waals surface area contributed by atoms with Crippen LogP contribution in [-0.2, 0) is 6.42 Å². The number of fused-ring (bicyclic) bond motifs is 1. The van der Waals surface area contributed by atoms with Crippen molar-refractivity contribution >= 4 is 22.4 Å². The molecule has 2 nitrogen and oxygen atoms in total. The Hall–Kier alpha value is -1.25. The van der Waals surface area contributed by atoms with E-state index in [1.807, 2.05) is 18.2 Å². The highest BCUT2D eigenvalue weighted by atomic mass is 35.5. The van der Waals surface area contributed by atoms with Crippen molar-refractivity contribution in [2.45, 2.75) is 6.42 Å². The molecular formula is C12H11ClO2. The lowest BCUT2D eigenvalue weighted by Crippen LogP contribution is -1.92. The molecule has 0 aliphatic carbocycles. The monoisotopic (exact) mass is 222 g/mol. The third-order valence-electron chi connectivity index (χ3n) is 2.43. The van der Waals surface area contributed by atoms with Crippen LogP contribution in [0.5, 0.6) is 5.75 Å². The lowest BCUT2D eigenvalue weighted by Gasteiger charge is -2.07. The van der Waals surface area contributed by atoms with Crippen LogP contribution >= 0.6 is 11.6 Å². The van der Waals surface area contributed by atoms with Gasteiger partial charge in [-0.1, -0.05) is 23.7 Å². The van der Waals surface area contributed by atoms with Crippen molar-refractivity contribution in [2.24, 2.45) is 0 Å². The summed E-state index contributed by atoms with van der Waals surface area (Å²) in [5, 5.41) is 21.2. The number of benzene rings is 2. The van der Waals surface area contributed by atoms with E-state index in [2.05, 4.69) is 0 Å². The Morgan fingerprint density at radius 2 is 1.93 bits per heavy atom. The van der Waals surface area contributed by atoms with Gasteiger partial charge in [-0.3, -0.25) is 0 Å². The largest absolute Gasteiger partial charge is 0.508 e. The van der Waals surface area contributed by atoms with Crippen molar-refractivity contribution in [3.05, 3.63) is 40.9 Å². The van der Waals surface area contributed by atoms with Crippen LogP contribution in [0.4, 0.5) is 0 Å². The van der Waals surface area contributed by atoms with E-state index in [9.17, 15) is 5.11 Å². The van der Waals surface area contributed by atoms with Gasteiger partial charge in [-0.05, 0) is 35.4 Å². The van der Waals surface area contributed by atoms with Gasteiger partial charge in [-0.15, -0.1) is 0 Å². The lowest BCUT2D eigenvalue weighted by atomic mass is 10.0. The molecule has 0 aromatic heterocycles. The molecule has 0 saturated carbocycles. The molecule has 0 spiro atoms. The van der Waals surface area contributed by atoms with E-state index in [0.29, 0.717) is 11.4 Å². The topological polar surface area (TPSA) is 40.5 Å². The second kappa shape index (κ2) is 4.09. The molecule has 0 aliphatic rings. The summed E-state index contributed by atoms with van der Waals surface area (Å²) in [5.74, 6) is 0.221. The molecule has 3 heteroatoms. The standard InChI is InChI=1S/C12H11ClO2/c13-9-2-3-10-8(7-9)1-4-12(15)11(10)5-6-14/h1-4,7,14-15H,5-6H2. The van der Waals surface area contributed by atoms with Crippen LogP contribution in [0.3, 0.4) is 0 Å². The molecule has 2 rings (SSSR count). The number of aromatic hydroxyl groups is 1. The molecule has 0 bridgehead atoms. The van der Waals surface area contributed by atoms with Gasteiger partial charge >= 0.3 is 0 Å². The Balaban J connectivity index is 2.70. The van der Waals surface area contributed by atoms with Crippen LogP contribution in [0.25, 0.3) is 10.8 Å². The van der Waals surface area contributed by atoms with Crippen LogP contribution in [0.2, 0.25) is 5.02 Å². The highest BCUT2D eigenvalue weighted by molar-refractivity contribution is 6.31. The fourth-order valence-corrected chi connectivity index (χ4v) is 1.91. The molecule has 2 aromatic carbocycles. The molecule has 0 fully saturated rings. The van der Waals surface area contributed by atoms with Gasteiger partial charge in [0, 0.05) is 17.2 Å². The predicted octanol–water partition coefficient (Wildman–Crippen LogP) is 2.73. The molecule has 0 amide bonds. The zero-order valence-corrected chi connectivity index (χ0v) is 8.83. The number of hydrogen-bond acceptors (Lipinski definition) is 2. The van der Waals surface area contributed by atoms with Crippen molar-refractivity contribution < 1.29 is 10.2 Å². The molecule has 0 aliphatic heterocycles. The summed E-state index contributed by atoms with van der Waals surface area (Å²) < 4.78 is 0. The van der Waals surface area contributed by atoms with Crippen LogP contribution < -0.4 is 0 Å². The fourth-order valence-electron chi connectivity index (χ4n) is 1.73. The van der Waals surface area contributed by atoms with E-state index >= 15 is 0 Å². The van der Waals surface area contributed by atoms with E-state index < -0.39 is 0 Å². The number of aliphatic hydroxyl groups is 1. The molecule has 2 N–H and O–H groups in total. The molecular weight excluding hydrogens is 212 g/mol. The number of aliphatic hydroxyl groups excluding tert-OH is 1. The Kier molecular flexibility index (Phi) is 2.80. The Morgan fingerprint density at radius 1 is 1.13 bits per heavy atom. The zero-order chi connectivity index (χ0) is 10.8. The predicted molar refractivity (Wildman–Crippen MR) is 61.4 cm³/mol. The number of hydrogen-bond donors (Lipinski definition) is 2. The average Bonchev–Trinajstić information content (AvgIpc) is 2.22. The number of phenols is 1. The Bertz CT molecular complexity index is 494. The van der Waals surface area contributed by atoms with Crippen LogP contribution in [-0.4, -0.2) is 16.8 Å². The quantitative estimate of drug-likeness (QED) is 0.820. The summed E-state index contributed by atoms with van der Waals surface area (Å²) in [4.78, 5) is 0. The van der Waals surface area contributed by atoms with Crippen LogP contribution in [0.1, 0.15) is 5.56 Å². The molecule has 0 radical (unpaired) electrons. The van der Waals surface area contributed by atoms with E-state index in [4.69, 9.17) is 16.7 Å². The first-order valence-electron chi connectivity index (χ1n) is 4.73. The first-order chi connectivity index (χ1) is 7.22. The van der Waals surface area contributed by atoms with Crippen molar-refractivity contribution in [2.75, 3.05) is 6.61 Å². The Morgan fingerprint density at radius 3 is 2.67 bits per heavy atom. The summed E-state index contributed by atoms with van der Waals surface area (Å²) in [6.07, 6.45) is 0.449. The van der Waals surface area contributed by atoms with Crippen molar-refractivity contribution in [3.8, 4) is 5.75 Å². The summed E-state index contributed by atoms with van der Waals surface area (Å²) in [6, 6.07) is 8.94. The number of phenolic OH excluding ortho intramolecular Hbond substituents is 1. The van der Waals surface area contributed by atoms with Crippen molar-refractivity contribution in [3.63, 3.8) is 0 Å². The van der Waals surface area contributed by atoms with Crippen molar-refractivity contribution in [1.29, 1.82) is 0 Å². The maximum absolute atomic E-state index is 9.66. The SMILES string of the molecule is OCCc1c(O)ccc2cc(Cl)ccc12. The van der Waals surface area contributed by atoms with Gasteiger partial charge in [0.2, 0.25) is 0 Å². The second-order valence-electron chi connectivity index (χ2n) is 3.40. The van der Waals surface area contributed by atoms with Gasteiger partial charge in [0.15, 0.2) is 0 Å². The lowest BCUT2D eigenvalue weighted by molar-refractivity contribution is 0.298. The van der Waals surface area contributed by atoms with Gasteiger partial charge in [0.25, 0.3) is 0 Å². The minimum atomic E-state index is 0.0231. The number of halogens is 1. The first kappa shape index (κ1) is 10.3. The fraction of sp³-hybridized carbons (Fsp3) is 0.167. The minimum absolute atomic E-state index is 0.0231. The summed E-state index contributed by atoms with van der Waals surface area (Å²) in [5.41, 5.74) is 0.770. The average molecular weight is 223 g/mol. The third-order valence-corrected chi connectivity index (χ3v) is 2.67. The highest BCUT2D eigenvalue weighted by Crippen LogP contribution is 2.29. The maximum atomic E-state index is 9.66. The van der Waals surface area contributed by atoms with Gasteiger partial charge in [0.05, 0.1) is 0 Å². The van der Waals surface area contributed by atoms with Gasteiger partial charge in [0.1, 0.15) is 5.75 Å².